The number of nitro benzene ring substituents is 1. The summed E-state index contributed by atoms with van der Waals surface area (Å²) in [5.74, 6) is -0.403. The second-order valence-corrected chi connectivity index (χ2v) is 4.07. The number of rotatable bonds is 2. The topological polar surface area (TPSA) is 87.1 Å². The van der Waals surface area contributed by atoms with Gasteiger partial charge in [-0.2, -0.15) is 0 Å². The minimum absolute atomic E-state index is 0.00806. The molecule has 0 bridgehead atoms. The molecule has 0 aliphatic heterocycles. The lowest BCUT2D eigenvalue weighted by Crippen LogP contribution is -2.19. The van der Waals surface area contributed by atoms with Crippen molar-refractivity contribution in [2.45, 2.75) is 6.92 Å². The molecule has 7 heteroatoms. The number of nitrogens with zero attached hydrogens (tertiary/aromatic N) is 3. The van der Waals surface area contributed by atoms with E-state index in [1.807, 2.05) is 0 Å². The molecular weight excluding hydrogens is 238 g/mol. The van der Waals surface area contributed by atoms with Crippen LogP contribution >= 0.6 is 0 Å². The van der Waals surface area contributed by atoms with E-state index >= 15 is 0 Å². The van der Waals surface area contributed by atoms with Crippen molar-refractivity contribution in [3.05, 3.63) is 38.3 Å². The number of benzene rings is 1. The second-order valence-electron chi connectivity index (χ2n) is 4.07. The third-order valence-electron chi connectivity index (χ3n) is 2.97. The first kappa shape index (κ1) is 12.0. The van der Waals surface area contributed by atoms with Crippen LogP contribution < -0.4 is 5.69 Å². The zero-order valence-electron chi connectivity index (χ0n) is 10.1. The molecular formula is C11H11N3O4. The third-order valence-corrected chi connectivity index (χ3v) is 2.97. The van der Waals surface area contributed by atoms with Gasteiger partial charge in [-0.05, 0) is 13.0 Å². The maximum Gasteiger partial charge on any atom is 0.328 e. The number of ketones is 1. The Morgan fingerprint density at radius 1 is 1.22 bits per heavy atom. The first-order valence-electron chi connectivity index (χ1n) is 5.19. The number of hydrogen-bond donors (Lipinski definition) is 0. The van der Waals surface area contributed by atoms with Crippen molar-refractivity contribution in [1.29, 1.82) is 0 Å². The first-order chi connectivity index (χ1) is 8.34. The van der Waals surface area contributed by atoms with Crippen LogP contribution in [0.25, 0.3) is 11.0 Å². The number of carbonyl (C=O) groups is 1. The third kappa shape index (κ3) is 1.52. The molecule has 0 saturated heterocycles. The summed E-state index contributed by atoms with van der Waals surface area (Å²) in [6.45, 7) is 1.26. The molecule has 0 spiro atoms. The highest BCUT2D eigenvalue weighted by Crippen LogP contribution is 2.25. The molecule has 0 fully saturated rings. The summed E-state index contributed by atoms with van der Waals surface area (Å²) in [6, 6.07) is 2.64. The van der Waals surface area contributed by atoms with Gasteiger partial charge in [0.2, 0.25) is 0 Å². The summed E-state index contributed by atoms with van der Waals surface area (Å²) in [5.41, 5.74) is 0.363. The van der Waals surface area contributed by atoms with E-state index in [1.165, 1.54) is 35.2 Å². The quantitative estimate of drug-likeness (QED) is 0.451. The Hall–Kier alpha value is -2.44. The molecule has 2 aromatic rings. The maximum absolute atomic E-state index is 11.7. The number of imidazole rings is 1. The van der Waals surface area contributed by atoms with Crippen molar-refractivity contribution in [3.8, 4) is 0 Å². The minimum atomic E-state index is -0.617. The molecule has 0 atom stereocenters. The summed E-state index contributed by atoms with van der Waals surface area (Å²) >= 11 is 0. The first-order valence-corrected chi connectivity index (χ1v) is 5.19. The molecule has 1 aromatic carbocycles. The van der Waals surface area contributed by atoms with Crippen LogP contribution in [0.15, 0.2) is 16.9 Å². The van der Waals surface area contributed by atoms with Gasteiger partial charge >= 0.3 is 5.69 Å². The highest BCUT2D eigenvalue weighted by Gasteiger charge is 2.21. The Morgan fingerprint density at radius 3 is 2.17 bits per heavy atom. The SMILES string of the molecule is CC(=O)c1cc2c(cc1[N+](=O)[O-])n(C)c(=O)n2C. The molecule has 0 aliphatic rings. The summed E-state index contributed by atoms with van der Waals surface area (Å²) < 4.78 is 2.66. The molecule has 18 heavy (non-hydrogen) atoms. The van der Waals surface area contributed by atoms with Crippen molar-refractivity contribution in [2.75, 3.05) is 0 Å². The predicted octanol–water partition coefficient (Wildman–Crippen LogP) is 0.988. The zero-order valence-corrected chi connectivity index (χ0v) is 10.1. The Bertz CT molecular complexity index is 679. The van der Waals surface area contributed by atoms with Crippen molar-refractivity contribution in [1.82, 2.24) is 9.13 Å². The van der Waals surface area contributed by atoms with E-state index in [0.717, 1.165) is 0 Å². The molecule has 0 aliphatic carbocycles. The normalized spacial score (nSPS) is 10.8. The van der Waals surface area contributed by atoms with Crippen molar-refractivity contribution in [2.24, 2.45) is 14.1 Å². The fourth-order valence-corrected chi connectivity index (χ4v) is 1.97. The average Bonchev–Trinajstić information content (AvgIpc) is 2.53. The van der Waals surface area contributed by atoms with Gasteiger partial charge in [-0.15, -0.1) is 0 Å². The van der Waals surface area contributed by atoms with Gasteiger partial charge in [0.05, 0.1) is 21.5 Å². The number of fused-ring (bicyclic) bond motifs is 1. The van der Waals surface area contributed by atoms with Crippen LogP contribution in [0.5, 0.6) is 0 Å². The van der Waals surface area contributed by atoms with Crippen LogP contribution in [-0.2, 0) is 14.1 Å². The lowest BCUT2D eigenvalue weighted by Gasteiger charge is -2.01. The molecule has 0 radical (unpaired) electrons. The van der Waals surface area contributed by atoms with E-state index in [-0.39, 0.29) is 16.9 Å². The summed E-state index contributed by atoms with van der Waals surface area (Å²) in [7, 11) is 3.09. The molecule has 1 aromatic heterocycles. The van der Waals surface area contributed by atoms with Crippen molar-refractivity contribution in [3.63, 3.8) is 0 Å². The monoisotopic (exact) mass is 249 g/mol. The van der Waals surface area contributed by atoms with Gasteiger partial charge in [0.15, 0.2) is 5.78 Å². The number of carbonyl (C=O) groups excluding carboxylic acids is 1. The van der Waals surface area contributed by atoms with E-state index in [1.54, 1.807) is 7.05 Å². The largest absolute Gasteiger partial charge is 0.328 e. The van der Waals surface area contributed by atoms with E-state index in [0.29, 0.717) is 11.0 Å². The maximum atomic E-state index is 11.7. The summed E-state index contributed by atoms with van der Waals surface area (Å²) in [6.07, 6.45) is 0. The van der Waals surface area contributed by atoms with E-state index < -0.39 is 10.7 Å². The number of aryl methyl sites for hydroxylation is 2. The van der Waals surface area contributed by atoms with Gasteiger partial charge in [-0.3, -0.25) is 24.0 Å². The van der Waals surface area contributed by atoms with E-state index in [4.69, 9.17) is 0 Å². The Morgan fingerprint density at radius 2 is 1.72 bits per heavy atom. The van der Waals surface area contributed by atoms with Crippen molar-refractivity contribution >= 4 is 22.5 Å². The Labute approximate surface area is 101 Å². The van der Waals surface area contributed by atoms with Crippen LogP contribution in [0.4, 0.5) is 5.69 Å². The average molecular weight is 249 g/mol. The van der Waals surface area contributed by atoms with Gasteiger partial charge in [0, 0.05) is 20.2 Å². The molecule has 0 amide bonds. The minimum Gasteiger partial charge on any atom is -0.295 e. The van der Waals surface area contributed by atoms with E-state index in [9.17, 15) is 19.7 Å². The van der Waals surface area contributed by atoms with Crippen LogP contribution in [0.2, 0.25) is 0 Å². The molecule has 2 rings (SSSR count). The van der Waals surface area contributed by atoms with Gasteiger partial charge in [-0.25, -0.2) is 4.79 Å². The predicted molar refractivity (Wildman–Crippen MR) is 64.8 cm³/mol. The number of nitro groups is 1. The standard InChI is InChI=1S/C11H11N3O4/c1-6(15)7-4-9-10(5-8(7)14(17)18)13(3)11(16)12(9)2/h4-5H,1-3H3. The number of aromatic nitrogens is 2. The van der Waals surface area contributed by atoms with Crippen LogP contribution in [0.3, 0.4) is 0 Å². The Kier molecular flexibility index (Phi) is 2.54. The molecule has 7 nitrogen and oxygen atoms in total. The van der Waals surface area contributed by atoms with Crippen molar-refractivity contribution < 1.29 is 9.72 Å². The van der Waals surface area contributed by atoms with Gasteiger partial charge in [0.25, 0.3) is 5.69 Å². The van der Waals surface area contributed by atoms with Gasteiger partial charge in [0.1, 0.15) is 0 Å². The lowest BCUT2D eigenvalue weighted by molar-refractivity contribution is -0.385. The molecule has 0 N–H and O–H groups in total. The molecule has 1 heterocycles. The molecule has 0 unspecified atom stereocenters. The lowest BCUT2D eigenvalue weighted by atomic mass is 10.1. The Balaban J connectivity index is 2.98. The number of Topliss-reactive ketones (excluding diaryl/α,β-unsaturated/α-hetero) is 1. The highest BCUT2D eigenvalue weighted by molar-refractivity contribution is 6.01. The molecule has 94 valence electrons. The summed E-state index contributed by atoms with van der Waals surface area (Å²) in [5, 5.41) is 10.9. The van der Waals surface area contributed by atoms with Crippen LogP contribution in [-0.4, -0.2) is 19.8 Å². The second kappa shape index (κ2) is 3.80. The summed E-state index contributed by atoms with van der Waals surface area (Å²) in [4.78, 5) is 33.5. The van der Waals surface area contributed by atoms with Crippen LogP contribution in [0.1, 0.15) is 17.3 Å². The zero-order chi connectivity index (χ0) is 13.6. The fourth-order valence-electron chi connectivity index (χ4n) is 1.97. The van der Waals surface area contributed by atoms with Crippen LogP contribution in [0, 0.1) is 10.1 Å². The van der Waals surface area contributed by atoms with Gasteiger partial charge in [-0.1, -0.05) is 0 Å². The molecule has 0 saturated carbocycles. The fraction of sp³-hybridized carbons (Fsp3) is 0.273. The smallest absolute Gasteiger partial charge is 0.295 e. The highest BCUT2D eigenvalue weighted by atomic mass is 16.6. The van der Waals surface area contributed by atoms with Gasteiger partial charge < -0.3 is 0 Å². The van der Waals surface area contributed by atoms with E-state index in [2.05, 4.69) is 0 Å². The number of hydrogen-bond acceptors (Lipinski definition) is 4.